The Morgan fingerprint density at radius 3 is 3.08 bits per heavy atom. The van der Waals surface area contributed by atoms with E-state index in [9.17, 15) is 0 Å². The third-order valence-electron chi connectivity index (χ3n) is 2.00. The lowest BCUT2D eigenvalue weighted by Gasteiger charge is -2.11. The Bertz CT molecular complexity index is 228. The first kappa shape index (κ1) is 10.1. The summed E-state index contributed by atoms with van der Waals surface area (Å²) in [6, 6.07) is 4.27. The van der Waals surface area contributed by atoms with Gasteiger partial charge in [-0.05, 0) is 18.6 Å². The largest absolute Gasteiger partial charge is 0.468 e. The second-order valence-corrected chi connectivity index (χ2v) is 3.09. The minimum Gasteiger partial charge on any atom is -0.468 e. The van der Waals surface area contributed by atoms with Crippen molar-refractivity contribution in [1.82, 2.24) is 5.32 Å². The van der Waals surface area contributed by atoms with Gasteiger partial charge in [-0.3, -0.25) is 0 Å². The highest BCUT2D eigenvalue weighted by molar-refractivity contribution is 4.98. The molecule has 2 nitrogen and oxygen atoms in total. The molecule has 2 heteroatoms. The Balaban J connectivity index is 2.27. The van der Waals surface area contributed by atoms with Crippen LogP contribution in [-0.4, -0.2) is 6.04 Å². The lowest BCUT2D eigenvalue weighted by Crippen LogP contribution is -2.25. The predicted molar refractivity (Wildman–Crippen MR) is 54.4 cm³/mol. The van der Waals surface area contributed by atoms with Crippen molar-refractivity contribution in [3.8, 4) is 0 Å². The van der Waals surface area contributed by atoms with Crippen LogP contribution in [0.25, 0.3) is 0 Å². The summed E-state index contributed by atoms with van der Waals surface area (Å²) in [6.45, 7) is 6.74. The molecular weight excluding hydrogens is 162 g/mol. The van der Waals surface area contributed by atoms with Crippen LogP contribution in [0.3, 0.4) is 0 Å². The van der Waals surface area contributed by atoms with E-state index in [1.807, 2.05) is 18.2 Å². The van der Waals surface area contributed by atoms with Gasteiger partial charge in [0.15, 0.2) is 0 Å². The first-order valence-corrected chi connectivity index (χ1v) is 4.75. The van der Waals surface area contributed by atoms with Gasteiger partial charge in [0, 0.05) is 6.04 Å². The molecule has 0 radical (unpaired) electrons. The number of nitrogens with one attached hydrogen (secondary N) is 1. The van der Waals surface area contributed by atoms with E-state index in [0.29, 0.717) is 6.04 Å². The van der Waals surface area contributed by atoms with Crippen molar-refractivity contribution in [2.75, 3.05) is 0 Å². The monoisotopic (exact) mass is 179 g/mol. The number of hydrogen-bond acceptors (Lipinski definition) is 2. The third kappa shape index (κ3) is 3.47. The summed E-state index contributed by atoms with van der Waals surface area (Å²) in [5.74, 6) is 0.975. The Morgan fingerprint density at radius 2 is 2.54 bits per heavy atom. The molecule has 72 valence electrons. The Morgan fingerprint density at radius 1 is 1.69 bits per heavy atom. The number of hydrogen-bond donors (Lipinski definition) is 1. The van der Waals surface area contributed by atoms with E-state index in [0.717, 1.165) is 18.7 Å². The van der Waals surface area contributed by atoms with Gasteiger partial charge in [0.25, 0.3) is 0 Å². The molecule has 13 heavy (non-hydrogen) atoms. The van der Waals surface area contributed by atoms with E-state index in [4.69, 9.17) is 4.42 Å². The van der Waals surface area contributed by atoms with Crippen molar-refractivity contribution in [1.29, 1.82) is 0 Å². The Labute approximate surface area is 79.6 Å². The van der Waals surface area contributed by atoms with Gasteiger partial charge in [0.1, 0.15) is 5.76 Å². The Hall–Kier alpha value is -1.02. The van der Waals surface area contributed by atoms with Crippen LogP contribution in [0.15, 0.2) is 35.5 Å². The molecule has 0 fully saturated rings. The standard InChI is InChI=1S/C11H17NO/c1-3-6-10(4-2)12-9-11-7-5-8-13-11/h4-5,7-8,10,12H,2-3,6,9H2,1H3/t10-/m0/s1. The zero-order chi connectivity index (χ0) is 9.52. The molecule has 1 heterocycles. The molecular formula is C11H17NO. The minimum absolute atomic E-state index is 0.398. The summed E-state index contributed by atoms with van der Waals surface area (Å²) in [5.41, 5.74) is 0. The lowest BCUT2D eigenvalue weighted by molar-refractivity contribution is 0.458. The third-order valence-corrected chi connectivity index (χ3v) is 2.00. The van der Waals surface area contributed by atoms with Crippen LogP contribution in [0.5, 0.6) is 0 Å². The van der Waals surface area contributed by atoms with E-state index in [1.165, 1.54) is 6.42 Å². The van der Waals surface area contributed by atoms with Crippen LogP contribution < -0.4 is 5.32 Å². The van der Waals surface area contributed by atoms with E-state index < -0.39 is 0 Å². The van der Waals surface area contributed by atoms with Crippen LogP contribution in [0.2, 0.25) is 0 Å². The summed E-state index contributed by atoms with van der Waals surface area (Å²) in [4.78, 5) is 0. The summed E-state index contributed by atoms with van der Waals surface area (Å²) < 4.78 is 5.21. The summed E-state index contributed by atoms with van der Waals surface area (Å²) >= 11 is 0. The average molecular weight is 179 g/mol. The average Bonchev–Trinajstić information content (AvgIpc) is 2.64. The highest BCUT2D eigenvalue weighted by Gasteiger charge is 2.02. The van der Waals surface area contributed by atoms with Gasteiger partial charge >= 0.3 is 0 Å². The predicted octanol–water partition coefficient (Wildman–Crippen LogP) is 2.72. The molecule has 0 saturated carbocycles. The van der Waals surface area contributed by atoms with Crippen molar-refractivity contribution in [2.45, 2.75) is 32.4 Å². The Kier molecular flexibility index (Phi) is 4.33. The van der Waals surface area contributed by atoms with Gasteiger partial charge in [0.2, 0.25) is 0 Å². The fourth-order valence-corrected chi connectivity index (χ4v) is 1.26. The number of furan rings is 1. The van der Waals surface area contributed by atoms with Crippen LogP contribution >= 0.6 is 0 Å². The zero-order valence-corrected chi connectivity index (χ0v) is 8.12. The molecule has 0 aliphatic carbocycles. The maximum absolute atomic E-state index is 5.21. The lowest BCUT2D eigenvalue weighted by atomic mass is 10.1. The van der Waals surface area contributed by atoms with Crippen LogP contribution in [-0.2, 0) is 6.54 Å². The molecule has 1 rings (SSSR count). The van der Waals surface area contributed by atoms with E-state index >= 15 is 0 Å². The highest BCUT2D eigenvalue weighted by atomic mass is 16.3. The first-order chi connectivity index (χ1) is 6.36. The van der Waals surface area contributed by atoms with E-state index in [2.05, 4.69) is 18.8 Å². The molecule has 1 atom stereocenters. The molecule has 0 aromatic carbocycles. The van der Waals surface area contributed by atoms with Gasteiger partial charge in [0.05, 0.1) is 12.8 Å². The van der Waals surface area contributed by atoms with Gasteiger partial charge in [-0.15, -0.1) is 6.58 Å². The van der Waals surface area contributed by atoms with Gasteiger partial charge in [-0.1, -0.05) is 19.4 Å². The van der Waals surface area contributed by atoms with Crippen LogP contribution in [0, 0.1) is 0 Å². The van der Waals surface area contributed by atoms with Crippen molar-refractivity contribution in [3.05, 3.63) is 36.8 Å². The fourth-order valence-electron chi connectivity index (χ4n) is 1.26. The van der Waals surface area contributed by atoms with E-state index in [-0.39, 0.29) is 0 Å². The van der Waals surface area contributed by atoms with Crippen LogP contribution in [0.1, 0.15) is 25.5 Å². The smallest absolute Gasteiger partial charge is 0.117 e. The quantitative estimate of drug-likeness (QED) is 0.679. The minimum atomic E-state index is 0.398. The second-order valence-electron chi connectivity index (χ2n) is 3.09. The van der Waals surface area contributed by atoms with Crippen LogP contribution in [0.4, 0.5) is 0 Å². The topological polar surface area (TPSA) is 25.2 Å². The molecule has 1 aromatic heterocycles. The van der Waals surface area contributed by atoms with Crippen molar-refractivity contribution >= 4 is 0 Å². The normalized spacial score (nSPS) is 12.7. The fraction of sp³-hybridized carbons (Fsp3) is 0.455. The molecule has 0 bridgehead atoms. The zero-order valence-electron chi connectivity index (χ0n) is 8.12. The first-order valence-electron chi connectivity index (χ1n) is 4.75. The summed E-state index contributed by atoms with van der Waals surface area (Å²) in [6.07, 6.45) is 5.94. The molecule has 0 saturated heterocycles. The van der Waals surface area contributed by atoms with Crippen molar-refractivity contribution < 1.29 is 4.42 Å². The maximum Gasteiger partial charge on any atom is 0.117 e. The summed E-state index contributed by atoms with van der Waals surface area (Å²) in [7, 11) is 0. The molecule has 0 aliphatic heterocycles. The van der Waals surface area contributed by atoms with Crippen molar-refractivity contribution in [3.63, 3.8) is 0 Å². The van der Waals surface area contributed by atoms with Gasteiger partial charge < -0.3 is 9.73 Å². The summed E-state index contributed by atoms with van der Waals surface area (Å²) in [5, 5.41) is 3.36. The van der Waals surface area contributed by atoms with Gasteiger partial charge in [-0.2, -0.15) is 0 Å². The molecule has 0 aliphatic rings. The van der Waals surface area contributed by atoms with Crippen molar-refractivity contribution in [2.24, 2.45) is 0 Å². The second kappa shape index (κ2) is 5.60. The molecule has 1 N–H and O–H groups in total. The SMILES string of the molecule is C=C[C@@H](CCC)NCc1ccco1. The maximum atomic E-state index is 5.21. The molecule has 0 spiro atoms. The molecule has 1 aromatic rings. The highest BCUT2D eigenvalue weighted by Crippen LogP contribution is 2.02. The molecule has 0 unspecified atom stereocenters. The number of rotatable bonds is 6. The van der Waals surface area contributed by atoms with Gasteiger partial charge in [-0.25, -0.2) is 0 Å². The van der Waals surface area contributed by atoms with E-state index in [1.54, 1.807) is 6.26 Å². The molecule has 0 amide bonds.